The average Bonchev–Trinajstić information content (AvgIpc) is 2.94. The topological polar surface area (TPSA) is 56.6 Å². The summed E-state index contributed by atoms with van der Waals surface area (Å²) in [6.07, 6.45) is -2.70. The number of carbonyl (C=O) groups excluding carboxylic acids is 1. The van der Waals surface area contributed by atoms with Gasteiger partial charge in [-0.25, -0.2) is 0 Å². The lowest BCUT2D eigenvalue weighted by atomic mass is 9.75. The third kappa shape index (κ3) is 3.26. The maximum Gasteiger partial charge on any atom is 0.417 e. The van der Waals surface area contributed by atoms with Gasteiger partial charge in [-0.05, 0) is 55.2 Å². The number of methoxy groups -OCH3 is 1. The molecule has 2 aliphatic rings. The Kier molecular flexibility index (Phi) is 5.02. The highest BCUT2D eigenvalue weighted by molar-refractivity contribution is 6.10. The second-order valence-electron chi connectivity index (χ2n) is 7.72. The van der Waals surface area contributed by atoms with Crippen molar-refractivity contribution >= 4 is 17.3 Å². The fourth-order valence-corrected chi connectivity index (χ4v) is 4.29. The highest BCUT2D eigenvalue weighted by Gasteiger charge is 2.58. The normalized spacial score (nSPS) is 17.8. The van der Waals surface area contributed by atoms with Gasteiger partial charge in [0.15, 0.2) is 0 Å². The van der Waals surface area contributed by atoms with Gasteiger partial charge in [0.05, 0.1) is 29.5 Å². The number of benzene rings is 2. The number of alkyl halides is 3. The fourth-order valence-electron chi connectivity index (χ4n) is 4.29. The van der Waals surface area contributed by atoms with E-state index < -0.39 is 22.8 Å². The third-order valence-corrected chi connectivity index (χ3v) is 5.92. The third-order valence-electron chi connectivity index (χ3n) is 5.92. The molecule has 160 valence electrons. The van der Waals surface area contributed by atoms with Crippen LogP contribution in [0.3, 0.4) is 0 Å². The number of nitrogens with zero attached hydrogens (tertiary/aromatic N) is 3. The van der Waals surface area contributed by atoms with Gasteiger partial charge in [-0.2, -0.15) is 18.4 Å². The summed E-state index contributed by atoms with van der Waals surface area (Å²) in [4.78, 5) is 16.5. The van der Waals surface area contributed by atoms with Crippen LogP contribution >= 0.6 is 0 Å². The molecule has 0 atom stereocenters. The van der Waals surface area contributed by atoms with Crippen LogP contribution in [0.1, 0.15) is 36.0 Å². The van der Waals surface area contributed by atoms with E-state index in [-0.39, 0.29) is 11.6 Å². The summed E-state index contributed by atoms with van der Waals surface area (Å²) in [6, 6.07) is 12.3. The Balaban J connectivity index is 1.77. The SMILES string of the molecule is C=C1N(c2ccc(C#N)c(C(F)(F)F)c2)C(=O)C2(CCC2)N1c1ccc(COC)cc1. The van der Waals surface area contributed by atoms with Gasteiger partial charge in [0.25, 0.3) is 5.91 Å². The van der Waals surface area contributed by atoms with Crippen molar-refractivity contribution in [2.75, 3.05) is 16.9 Å². The van der Waals surface area contributed by atoms with Crippen molar-refractivity contribution < 1.29 is 22.7 Å². The van der Waals surface area contributed by atoms with E-state index in [0.29, 0.717) is 25.3 Å². The van der Waals surface area contributed by atoms with Crippen molar-refractivity contribution in [1.29, 1.82) is 5.26 Å². The van der Waals surface area contributed by atoms with E-state index in [1.807, 2.05) is 29.2 Å². The molecule has 2 aromatic carbocycles. The van der Waals surface area contributed by atoms with Crippen LogP contribution in [0.15, 0.2) is 54.9 Å². The minimum atomic E-state index is -4.71. The molecule has 8 heteroatoms. The zero-order chi connectivity index (χ0) is 22.4. The first-order valence-electron chi connectivity index (χ1n) is 9.76. The fraction of sp³-hybridized carbons (Fsp3) is 0.304. The molecule has 1 saturated carbocycles. The molecule has 1 aliphatic carbocycles. The minimum Gasteiger partial charge on any atom is -0.380 e. The highest BCUT2D eigenvalue weighted by Crippen LogP contribution is 2.50. The second-order valence-corrected chi connectivity index (χ2v) is 7.72. The Labute approximate surface area is 177 Å². The number of nitriles is 1. The standard InChI is InChI=1S/C23H20F3N3O2/c1-15-28(19-9-6-17(13-27)20(12-19)23(24,25)26)21(30)22(10-3-11-22)29(15)18-7-4-16(5-8-18)14-31-2/h4-9,12H,1,3,10-11,14H2,2H3. The Morgan fingerprint density at radius 1 is 1.16 bits per heavy atom. The maximum absolute atomic E-state index is 13.5. The zero-order valence-corrected chi connectivity index (χ0v) is 16.9. The van der Waals surface area contributed by atoms with Crippen LogP contribution in [0.2, 0.25) is 0 Å². The summed E-state index contributed by atoms with van der Waals surface area (Å²) in [6.45, 7) is 4.50. The Morgan fingerprint density at radius 3 is 2.32 bits per heavy atom. The van der Waals surface area contributed by atoms with E-state index in [1.165, 1.54) is 11.0 Å². The summed E-state index contributed by atoms with van der Waals surface area (Å²) >= 11 is 0. The summed E-state index contributed by atoms with van der Waals surface area (Å²) in [5, 5.41) is 9.06. The van der Waals surface area contributed by atoms with E-state index >= 15 is 0 Å². The van der Waals surface area contributed by atoms with Crippen molar-refractivity contribution in [3.63, 3.8) is 0 Å². The average molecular weight is 427 g/mol. The first kappa shape index (κ1) is 20.9. The van der Waals surface area contributed by atoms with Gasteiger partial charge in [-0.15, -0.1) is 0 Å². The first-order chi connectivity index (χ1) is 14.7. The Bertz CT molecular complexity index is 1080. The Morgan fingerprint density at radius 2 is 1.81 bits per heavy atom. The lowest BCUT2D eigenvalue weighted by molar-refractivity contribution is -0.137. The molecule has 31 heavy (non-hydrogen) atoms. The van der Waals surface area contributed by atoms with Gasteiger partial charge < -0.3 is 9.64 Å². The van der Waals surface area contributed by atoms with Gasteiger partial charge in [-0.1, -0.05) is 18.7 Å². The first-order valence-corrected chi connectivity index (χ1v) is 9.76. The van der Waals surface area contributed by atoms with Gasteiger partial charge in [0.1, 0.15) is 11.4 Å². The molecule has 2 fully saturated rings. The molecule has 2 aromatic rings. The number of halogens is 3. The molecule has 1 spiro atoms. The number of hydrogen-bond acceptors (Lipinski definition) is 4. The van der Waals surface area contributed by atoms with Gasteiger partial charge in [0.2, 0.25) is 0 Å². The predicted molar refractivity (Wildman–Crippen MR) is 109 cm³/mol. The Hall–Kier alpha value is -3.31. The van der Waals surface area contributed by atoms with Crippen LogP contribution in [0, 0.1) is 11.3 Å². The molecule has 1 heterocycles. The lowest BCUT2D eigenvalue weighted by Crippen LogP contribution is -2.54. The van der Waals surface area contributed by atoms with Crippen molar-refractivity contribution in [1.82, 2.24) is 0 Å². The zero-order valence-electron chi connectivity index (χ0n) is 16.9. The van der Waals surface area contributed by atoms with Gasteiger partial charge >= 0.3 is 6.18 Å². The van der Waals surface area contributed by atoms with Crippen molar-refractivity contribution in [3.8, 4) is 6.07 Å². The highest BCUT2D eigenvalue weighted by atomic mass is 19.4. The van der Waals surface area contributed by atoms with E-state index in [1.54, 1.807) is 13.2 Å². The monoisotopic (exact) mass is 427 g/mol. The molecule has 0 radical (unpaired) electrons. The number of rotatable bonds is 4. The molecule has 1 aliphatic heterocycles. The van der Waals surface area contributed by atoms with E-state index in [4.69, 9.17) is 10.00 Å². The molecule has 1 amide bonds. The van der Waals surface area contributed by atoms with Gasteiger partial charge in [-0.3, -0.25) is 9.69 Å². The summed E-state index contributed by atoms with van der Waals surface area (Å²) in [7, 11) is 1.60. The second kappa shape index (κ2) is 7.43. The van der Waals surface area contributed by atoms with Gasteiger partial charge in [0, 0.05) is 12.8 Å². The quantitative estimate of drug-likeness (QED) is 0.691. The summed E-state index contributed by atoms with van der Waals surface area (Å²) < 4.78 is 45.5. The van der Waals surface area contributed by atoms with E-state index in [2.05, 4.69) is 6.58 Å². The molecule has 4 rings (SSSR count). The number of hydrogen-bond donors (Lipinski definition) is 0. The van der Waals surface area contributed by atoms with Crippen LogP contribution in [-0.2, 0) is 22.3 Å². The van der Waals surface area contributed by atoms with Crippen molar-refractivity contribution in [3.05, 3.63) is 71.6 Å². The lowest BCUT2D eigenvalue weighted by Gasteiger charge is -2.43. The molecule has 0 unspecified atom stereocenters. The molecule has 5 nitrogen and oxygen atoms in total. The molecule has 1 saturated heterocycles. The minimum absolute atomic E-state index is 0.0473. The maximum atomic E-state index is 13.5. The number of carbonyl (C=O) groups is 1. The number of ether oxygens (including phenoxy) is 1. The number of anilines is 2. The number of amides is 1. The van der Waals surface area contributed by atoms with E-state index in [0.717, 1.165) is 29.8 Å². The smallest absolute Gasteiger partial charge is 0.380 e. The summed E-state index contributed by atoms with van der Waals surface area (Å²) in [5.74, 6) is -0.00965. The molecule has 0 N–H and O–H groups in total. The van der Waals surface area contributed by atoms with Crippen LogP contribution in [-0.4, -0.2) is 18.6 Å². The van der Waals surface area contributed by atoms with Crippen LogP contribution in [0.25, 0.3) is 0 Å². The molecule has 0 bridgehead atoms. The van der Waals surface area contributed by atoms with Crippen LogP contribution in [0.4, 0.5) is 24.5 Å². The van der Waals surface area contributed by atoms with E-state index in [9.17, 15) is 18.0 Å². The molecular weight excluding hydrogens is 407 g/mol. The van der Waals surface area contributed by atoms with Crippen LogP contribution < -0.4 is 9.80 Å². The molecule has 0 aromatic heterocycles. The summed E-state index contributed by atoms with van der Waals surface area (Å²) in [5.41, 5.74) is -0.665. The van der Waals surface area contributed by atoms with Crippen molar-refractivity contribution in [2.24, 2.45) is 0 Å². The largest absolute Gasteiger partial charge is 0.417 e. The predicted octanol–water partition coefficient (Wildman–Crippen LogP) is 4.97. The van der Waals surface area contributed by atoms with Crippen LogP contribution in [0.5, 0.6) is 0 Å². The van der Waals surface area contributed by atoms with Crippen molar-refractivity contribution in [2.45, 2.75) is 37.6 Å². The molecular formula is C23H20F3N3O2.